The Balaban J connectivity index is 2.36. The molecule has 92 valence electrons. The fourth-order valence-electron chi connectivity index (χ4n) is 2.23. The predicted molar refractivity (Wildman–Crippen MR) is 62.3 cm³/mol. The van der Waals surface area contributed by atoms with Gasteiger partial charge < -0.3 is 15.9 Å². The molecule has 1 heterocycles. The lowest BCUT2D eigenvalue weighted by atomic mass is 10.0. The molecule has 0 saturated heterocycles. The van der Waals surface area contributed by atoms with Crippen molar-refractivity contribution in [2.24, 2.45) is 5.92 Å². The van der Waals surface area contributed by atoms with E-state index in [-0.39, 0.29) is 24.4 Å². The molecule has 0 amide bonds. The summed E-state index contributed by atoms with van der Waals surface area (Å²) >= 11 is 0. The van der Waals surface area contributed by atoms with E-state index in [4.69, 9.17) is 10.8 Å². The van der Waals surface area contributed by atoms with Gasteiger partial charge in [0.2, 0.25) is 0 Å². The highest BCUT2D eigenvalue weighted by atomic mass is 16.3. The zero-order valence-corrected chi connectivity index (χ0v) is 9.28. The molecule has 0 unspecified atom stereocenters. The Morgan fingerprint density at radius 1 is 1.65 bits per heavy atom. The second-order valence-electron chi connectivity index (χ2n) is 4.23. The number of nitrogens with two attached hydrogens (primary N) is 1. The van der Waals surface area contributed by atoms with Crippen LogP contribution < -0.4 is 11.4 Å². The van der Waals surface area contributed by atoms with E-state index in [2.05, 4.69) is 11.6 Å². The summed E-state index contributed by atoms with van der Waals surface area (Å²) in [7, 11) is 0. The summed E-state index contributed by atoms with van der Waals surface area (Å²) in [5.74, 6) is -0.224. The Morgan fingerprint density at radius 3 is 2.88 bits per heavy atom. The SMILES string of the molecule is C=C1[C@@H](CO)[C@H](O)C[C@H]1n1ccc(N)nc1=O. The van der Waals surface area contributed by atoms with E-state index in [9.17, 15) is 9.90 Å². The van der Waals surface area contributed by atoms with E-state index in [1.165, 1.54) is 16.8 Å². The molecular weight excluding hydrogens is 222 g/mol. The Hall–Kier alpha value is -1.66. The highest BCUT2D eigenvalue weighted by molar-refractivity contribution is 5.25. The molecule has 2 rings (SSSR count). The van der Waals surface area contributed by atoms with Crippen LogP contribution in [0.4, 0.5) is 5.82 Å². The predicted octanol–water partition coefficient (Wildman–Crippen LogP) is -0.704. The zero-order valence-electron chi connectivity index (χ0n) is 9.28. The quantitative estimate of drug-likeness (QED) is 0.590. The number of anilines is 1. The molecule has 0 spiro atoms. The van der Waals surface area contributed by atoms with Gasteiger partial charge in [0.1, 0.15) is 5.82 Å². The minimum Gasteiger partial charge on any atom is -0.396 e. The summed E-state index contributed by atoms with van der Waals surface area (Å²) in [5, 5.41) is 18.9. The minimum atomic E-state index is -0.679. The van der Waals surface area contributed by atoms with Crippen LogP contribution in [0.15, 0.2) is 29.2 Å². The number of aliphatic hydroxyl groups is 2. The number of nitrogen functional groups attached to an aromatic ring is 1. The standard InChI is InChI=1S/C11H15N3O3/c1-6-7(5-15)9(16)4-8(6)14-3-2-10(12)13-11(14)17/h2-3,7-9,15-16H,1,4-5H2,(H2,12,13,17)/t7-,8-,9-/m1/s1. The highest BCUT2D eigenvalue weighted by Gasteiger charge is 2.37. The van der Waals surface area contributed by atoms with Crippen molar-refractivity contribution in [3.63, 3.8) is 0 Å². The smallest absolute Gasteiger partial charge is 0.350 e. The molecule has 1 aromatic heterocycles. The first-order valence-corrected chi connectivity index (χ1v) is 5.37. The topological polar surface area (TPSA) is 101 Å². The lowest BCUT2D eigenvalue weighted by molar-refractivity contribution is 0.101. The van der Waals surface area contributed by atoms with Gasteiger partial charge in [-0.15, -0.1) is 0 Å². The molecule has 3 atom stereocenters. The van der Waals surface area contributed by atoms with Crippen molar-refractivity contribution in [2.45, 2.75) is 18.6 Å². The third-order valence-electron chi connectivity index (χ3n) is 3.22. The number of rotatable bonds is 2. The van der Waals surface area contributed by atoms with Crippen molar-refractivity contribution in [1.82, 2.24) is 9.55 Å². The summed E-state index contributed by atoms with van der Waals surface area (Å²) < 4.78 is 1.39. The molecule has 0 bridgehead atoms. The molecule has 1 aromatic rings. The van der Waals surface area contributed by atoms with E-state index in [1.807, 2.05) is 0 Å². The van der Waals surface area contributed by atoms with Crippen LogP contribution in [0.1, 0.15) is 12.5 Å². The van der Waals surface area contributed by atoms with E-state index in [0.29, 0.717) is 12.0 Å². The van der Waals surface area contributed by atoms with Gasteiger partial charge in [-0.1, -0.05) is 6.58 Å². The lowest BCUT2D eigenvalue weighted by Gasteiger charge is -2.15. The first kappa shape index (κ1) is 11.8. The average molecular weight is 237 g/mol. The summed E-state index contributed by atoms with van der Waals surface area (Å²) in [4.78, 5) is 15.3. The van der Waals surface area contributed by atoms with Crippen molar-refractivity contribution in [2.75, 3.05) is 12.3 Å². The fraction of sp³-hybridized carbons (Fsp3) is 0.455. The van der Waals surface area contributed by atoms with Crippen molar-refractivity contribution < 1.29 is 10.2 Å². The maximum absolute atomic E-state index is 11.7. The number of aromatic nitrogens is 2. The fourth-order valence-corrected chi connectivity index (χ4v) is 2.23. The molecule has 1 saturated carbocycles. The summed E-state index contributed by atoms with van der Waals surface area (Å²) in [6.07, 6.45) is 1.21. The van der Waals surface area contributed by atoms with Crippen LogP contribution in [0.3, 0.4) is 0 Å². The normalized spacial score (nSPS) is 28.6. The summed E-state index contributed by atoms with van der Waals surface area (Å²) in [5.41, 5.74) is 5.58. The number of hydrogen-bond donors (Lipinski definition) is 3. The number of aliphatic hydroxyl groups excluding tert-OH is 2. The van der Waals surface area contributed by atoms with Crippen LogP contribution in [0.5, 0.6) is 0 Å². The van der Waals surface area contributed by atoms with Gasteiger partial charge in [0.25, 0.3) is 0 Å². The Morgan fingerprint density at radius 2 is 2.35 bits per heavy atom. The van der Waals surface area contributed by atoms with Crippen LogP contribution in [-0.4, -0.2) is 32.5 Å². The van der Waals surface area contributed by atoms with E-state index < -0.39 is 11.8 Å². The second-order valence-corrected chi connectivity index (χ2v) is 4.23. The molecule has 1 aliphatic carbocycles. The molecule has 0 aromatic carbocycles. The first-order chi connectivity index (χ1) is 8.04. The Labute approximate surface area is 98.0 Å². The van der Waals surface area contributed by atoms with Gasteiger partial charge in [-0.25, -0.2) is 4.79 Å². The van der Waals surface area contributed by atoms with E-state index >= 15 is 0 Å². The molecule has 6 heteroatoms. The largest absolute Gasteiger partial charge is 0.396 e. The Kier molecular flexibility index (Phi) is 2.99. The first-order valence-electron chi connectivity index (χ1n) is 5.37. The zero-order chi connectivity index (χ0) is 12.6. The highest BCUT2D eigenvalue weighted by Crippen LogP contribution is 2.37. The van der Waals surface area contributed by atoms with Gasteiger partial charge >= 0.3 is 5.69 Å². The van der Waals surface area contributed by atoms with Crippen LogP contribution in [0.2, 0.25) is 0 Å². The molecule has 0 radical (unpaired) electrons. The van der Waals surface area contributed by atoms with Crippen molar-refractivity contribution in [3.05, 3.63) is 34.9 Å². The Bertz CT molecular complexity index is 497. The maximum Gasteiger partial charge on any atom is 0.350 e. The van der Waals surface area contributed by atoms with Gasteiger partial charge in [-0.05, 0) is 18.1 Å². The van der Waals surface area contributed by atoms with E-state index in [0.717, 1.165) is 0 Å². The van der Waals surface area contributed by atoms with Crippen LogP contribution in [0.25, 0.3) is 0 Å². The number of nitrogens with zero attached hydrogens (tertiary/aromatic N) is 2. The van der Waals surface area contributed by atoms with Gasteiger partial charge in [0, 0.05) is 12.1 Å². The average Bonchev–Trinajstić information content (AvgIpc) is 2.54. The second kappa shape index (κ2) is 4.31. The maximum atomic E-state index is 11.7. The van der Waals surface area contributed by atoms with Gasteiger partial charge in [-0.3, -0.25) is 4.57 Å². The summed E-state index contributed by atoms with van der Waals surface area (Å²) in [6.45, 7) is 3.67. The molecule has 0 aliphatic heterocycles. The van der Waals surface area contributed by atoms with Gasteiger partial charge in [0.15, 0.2) is 0 Å². The minimum absolute atomic E-state index is 0.161. The molecule has 1 aliphatic rings. The van der Waals surface area contributed by atoms with Crippen molar-refractivity contribution >= 4 is 5.82 Å². The van der Waals surface area contributed by atoms with Crippen LogP contribution in [-0.2, 0) is 0 Å². The lowest BCUT2D eigenvalue weighted by Crippen LogP contribution is -2.27. The van der Waals surface area contributed by atoms with Crippen LogP contribution >= 0.6 is 0 Å². The summed E-state index contributed by atoms with van der Waals surface area (Å²) in [6, 6.07) is 1.19. The third-order valence-corrected chi connectivity index (χ3v) is 3.22. The van der Waals surface area contributed by atoms with Gasteiger partial charge in [0.05, 0.1) is 18.8 Å². The molecule has 4 N–H and O–H groups in total. The van der Waals surface area contributed by atoms with Crippen molar-refractivity contribution in [1.29, 1.82) is 0 Å². The molecule has 6 nitrogen and oxygen atoms in total. The monoisotopic (exact) mass is 237 g/mol. The molecule has 1 fully saturated rings. The van der Waals surface area contributed by atoms with Crippen LogP contribution in [0, 0.1) is 5.92 Å². The molecular formula is C11H15N3O3. The number of hydrogen-bond acceptors (Lipinski definition) is 5. The van der Waals surface area contributed by atoms with Crippen molar-refractivity contribution in [3.8, 4) is 0 Å². The van der Waals surface area contributed by atoms with Gasteiger partial charge in [-0.2, -0.15) is 4.98 Å². The van der Waals surface area contributed by atoms with E-state index in [1.54, 1.807) is 0 Å². The third kappa shape index (κ3) is 1.96. The molecule has 17 heavy (non-hydrogen) atoms.